The predicted molar refractivity (Wildman–Crippen MR) is 193 cm³/mol. The van der Waals surface area contributed by atoms with Crippen LogP contribution in [-0.2, 0) is 9.31 Å². The lowest BCUT2D eigenvalue weighted by atomic mass is 9.78. The van der Waals surface area contributed by atoms with E-state index in [2.05, 4.69) is 178 Å². The molecule has 1 aliphatic heterocycles. The molecule has 0 bridgehead atoms. The van der Waals surface area contributed by atoms with Crippen molar-refractivity contribution in [3.63, 3.8) is 0 Å². The van der Waals surface area contributed by atoms with Crippen LogP contribution in [0.1, 0.15) is 27.7 Å². The van der Waals surface area contributed by atoms with Crippen LogP contribution in [0.5, 0.6) is 0 Å². The Morgan fingerprint density at radius 2 is 0.848 bits per heavy atom. The summed E-state index contributed by atoms with van der Waals surface area (Å²) in [6.07, 6.45) is 0. The van der Waals surface area contributed by atoms with E-state index in [0.29, 0.717) is 0 Å². The first-order valence-electron chi connectivity index (χ1n) is 16.0. The number of nitrogens with zero attached hydrogens (tertiary/aromatic N) is 1. The summed E-state index contributed by atoms with van der Waals surface area (Å²) in [6, 6.07) is 52.3. The maximum atomic E-state index is 6.47. The van der Waals surface area contributed by atoms with Gasteiger partial charge in [-0.15, -0.1) is 0 Å². The van der Waals surface area contributed by atoms with Gasteiger partial charge in [0.05, 0.1) is 22.2 Å². The van der Waals surface area contributed by atoms with Crippen molar-refractivity contribution >= 4 is 34.4 Å². The summed E-state index contributed by atoms with van der Waals surface area (Å²) in [5, 5.41) is 2.38. The fourth-order valence-electron chi connectivity index (χ4n) is 6.54. The Hall–Kier alpha value is -4.90. The Labute approximate surface area is 271 Å². The standard InChI is InChI=1S/C42H36BNO2/c1-41(2)42(3,4)46-43(45-41)35-22-26-40-38(28-35)37-27-34(33-17-15-31(16-18-33)29-11-7-5-8-12-29)21-25-39(37)44(40)36-23-19-32(20-24-36)30-13-9-6-10-14-30/h5-28H,1-4H3. The van der Waals surface area contributed by atoms with E-state index in [1.807, 2.05) is 0 Å². The van der Waals surface area contributed by atoms with E-state index in [1.54, 1.807) is 0 Å². The molecule has 7 aromatic rings. The highest BCUT2D eigenvalue weighted by Crippen LogP contribution is 2.39. The molecule has 0 atom stereocenters. The molecule has 6 aromatic carbocycles. The Balaban J connectivity index is 1.26. The normalized spacial score (nSPS) is 15.5. The first-order chi connectivity index (χ1) is 22.3. The molecule has 0 saturated carbocycles. The van der Waals surface area contributed by atoms with Crippen molar-refractivity contribution in [2.75, 3.05) is 0 Å². The van der Waals surface area contributed by atoms with Gasteiger partial charge in [0.15, 0.2) is 0 Å². The quantitative estimate of drug-likeness (QED) is 0.184. The SMILES string of the molecule is CC1(C)OB(c2ccc3c(c2)c2cc(-c4ccc(-c5ccccc5)cc4)ccc2n3-c2ccc(-c3ccccc3)cc2)OC1(C)C. The van der Waals surface area contributed by atoms with Crippen LogP contribution in [0.2, 0.25) is 0 Å². The molecule has 0 aliphatic carbocycles. The van der Waals surface area contributed by atoms with Gasteiger partial charge in [-0.2, -0.15) is 0 Å². The van der Waals surface area contributed by atoms with E-state index >= 15 is 0 Å². The average molecular weight is 598 g/mol. The van der Waals surface area contributed by atoms with Gasteiger partial charge in [0, 0.05) is 16.5 Å². The summed E-state index contributed by atoms with van der Waals surface area (Å²) >= 11 is 0. The number of hydrogen-bond acceptors (Lipinski definition) is 2. The Morgan fingerprint density at radius 1 is 0.435 bits per heavy atom. The van der Waals surface area contributed by atoms with Gasteiger partial charge in [-0.1, -0.05) is 115 Å². The lowest BCUT2D eigenvalue weighted by Gasteiger charge is -2.32. The molecule has 224 valence electrons. The second kappa shape index (κ2) is 10.9. The molecular formula is C42H36BNO2. The van der Waals surface area contributed by atoms with Crippen molar-refractivity contribution < 1.29 is 9.31 Å². The highest BCUT2D eigenvalue weighted by atomic mass is 16.7. The van der Waals surface area contributed by atoms with Crippen LogP contribution in [0.3, 0.4) is 0 Å². The molecule has 0 N–H and O–H groups in total. The van der Waals surface area contributed by atoms with Gasteiger partial charge in [0.25, 0.3) is 0 Å². The van der Waals surface area contributed by atoms with E-state index in [-0.39, 0.29) is 0 Å². The zero-order valence-electron chi connectivity index (χ0n) is 26.7. The number of rotatable bonds is 5. The topological polar surface area (TPSA) is 23.4 Å². The van der Waals surface area contributed by atoms with Gasteiger partial charge < -0.3 is 13.9 Å². The summed E-state index contributed by atoms with van der Waals surface area (Å²) < 4.78 is 15.3. The number of fused-ring (bicyclic) bond motifs is 3. The first kappa shape index (κ1) is 28.6. The van der Waals surface area contributed by atoms with E-state index in [0.717, 1.165) is 22.2 Å². The van der Waals surface area contributed by atoms with E-state index < -0.39 is 18.3 Å². The fourth-order valence-corrected chi connectivity index (χ4v) is 6.54. The van der Waals surface area contributed by atoms with Crippen LogP contribution in [-0.4, -0.2) is 22.9 Å². The minimum absolute atomic E-state index is 0.403. The van der Waals surface area contributed by atoms with Gasteiger partial charge in [-0.05, 0) is 96.9 Å². The summed E-state index contributed by atoms with van der Waals surface area (Å²) in [5.41, 5.74) is 10.9. The number of hydrogen-bond donors (Lipinski definition) is 0. The van der Waals surface area contributed by atoms with E-state index in [9.17, 15) is 0 Å². The fraction of sp³-hybridized carbons (Fsp3) is 0.143. The summed E-state index contributed by atoms with van der Waals surface area (Å²) in [4.78, 5) is 0. The molecule has 3 nitrogen and oxygen atoms in total. The molecule has 1 fully saturated rings. The van der Waals surface area contributed by atoms with Gasteiger partial charge in [0.2, 0.25) is 0 Å². The lowest BCUT2D eigenvalue weighted by Crippen LogP contribution is -2.41. The maximum absolute atomic E-state index is 6.47. The molecular weight excluding hydrogens is 561 g/mol. The van der Waals surface area contributed by atoms with E-state index in [4.69, 9.17) is 9.31 Å². The van der Waals surface area contributed by atoms with Crippen LogP contribution < -0.4 is 5.46 Å². The van der Waals surface area contributed by atoms with Crippen molar-refractivity contribution in [2.45, 2.75) is 38.9 Å². The zero-order valence-corrected chi connectivity index (χ0v) is 26.7. The van der Waals surface area contributed by atoms with Crippen molar-refractivity contribution in [3.05, 3.63) is 146 Å². The second-order valence-corrected chi connectivity index (χ2v) is 13.3. The van der Waals surface area contributed by atoms with Gasteiger partial charge in [-0.25, -0.2) is 0 Å². The third-order valence-electron chi connectivity index (χ3n) is 9.87. The van der Waals surface area contributed by atoms with Crippen LogP contribution in [0.4, 0.5) is 0 Å². The maximum Gasteiger partial charge on any atom is 0.494 e. The molecule has 0 spiro atoms. The highest BCUT2D eigenvalue weighted by molar-refractivity contribution is 6.62. The minimum Gasteiger partial charge on any atom is -0.399 e. The van der Waals surface area contributed by atoms with Crippen molar-refractivity contribution in [3.8, 4) is 39.1 Å². The summed E-state index contributed by atoms with van der Waals surface area (Å²) in [7, 11) is -0.424. The molecule has 1 aromatic heterocycles. The summed E-state index contributed by atoms with van der Waals surface area (Å²) in [6.45, 7) is 8.41. The number of aromatic nitrogens is 1. The zero-order chi connectivity index (χ0) is 31.5. The lowest BCUT2D eigenvalue weighted by molar-refractivity contribution is 0.00578. The van der Waals surface area contributed by atoms with Crippen molar-refractivity contribution in [2.24, 2.45) is 0 Å². The monoisotopic (exact) mass is 597 g/mol. The molecule has 4 heteroatoms. The molecule has 0 unspecified atom stereocenters. The molecule has 0 amide bonds. The predicted octanol–water partition coefficient (Wildman–Crippen LogP) is 10.1. The van der Waals surface area contributed by atoms with Crippen molar-refractivity contribution in [1.82, 2.24) is 4.57 Å². The summed E-state index contributed by atoms with van der Waals surface area (Å²) in [5.74, 6) is 0. The Bertz CT molecular complexity index is 2170. The molecule has 46 heavy (non-hydrogen) atoms. The third-order valence-corrected chi connectivity index (χ3v) is 9.87. The third kappa shape index (κ3) is 4.86. The van der Waals surface area contributed by atoms with E-state index in [1.165, 1.54) is 44.2 Å². The molecule has 2 heterocycles. The van der Waals surface area contributed by atoms with Gasteiger partial charge >= 0.3 is 7.12 Å². The molecule has 1 saturated heterocycles. The largest absolute Gasteiger partial charge is 0.494 e. The Morgan fingerprint density at radius 3 is 1.39 bits per heavy atom. The number of benzene rings is 6. The van der Waals surface area contributed by atoms with Gasteiger partial charge in [0.1, 0.15) is 0 Å². The minimum atomic E-state index is -0.424. The Kier molecular flexibility index (Phi) is 6.75. The smallest absolute Gasteiger partial charge is 0.399 e. The molecule has 8 rings (SSSR count). The van der Waals surface area contributed by atoms with Crippen LogP contribution in [0.25, 0.3) is 60.9 Å². The van der Waals surface area contributed by atoms with Crippen LogP contribution in [0, 0.1) is 0 Å². The molecule has 0 radical (unpaired) electrons. The van der Waals surface area contributed by atoms with Crippen LogP contribution >= 0.6 is 0 Å². The second-order valence-electron chi connectivity index (χ2n) is 13.3. The highest BCUT2D eigenvalue weighted by Gasteiger charge is 2.51. The average Bonchev–Trinajstić information content (AvgIpc) is 3.53. The van der Waals surface area contributed by atoms with Crippen LogP contribution in [0.15, 0.2) is 146 Å². The van der Waals surface area contributed by atoms with Gasteiger partial charge in [-0.3, -0.25) is 0 Å². The molecule has 1 aliphatic rings. The first-order valence-corrected chi connectivity index (χ1v) is 16.0. The van der Waals surface area contributed by atoms with Crippen molar-refractivity contribution in [1.29, 1.82) is 0 Å².